The van der Waals surface area contributed by atoms with Crippen molar-refractivity contribution < 1.29 is 13.9 Å². The van der Waals surface area contributed by atoms with Crippen molar-refractivity contribution in [3.05, 3.63) is 28.5 Å². The molecule has 0 atom stereocenters. The van der Waals surface area contributed by atoms with Crippen LogP contribution in [0.2, 0.25) is 0 Å². The maximum atomic E-state index is 13.5. The molecule has 18 heavy (non-hydrogen) atoms. The Balaban J connectivity index is 2.33. The van der Waals surface area contributed by atoms with Crippen molar-refractivity contribution in [3.8, 4) is 17.8 Å². The first-order valence-corrected chi connectivity index (χ1v) is 5.56. The second-order valence-corrected chi connectivity index (χ2v) is 4.06. The van der Waals surface area contributed by atoms with Crippen molar-refractivity contribution in [2.24, 2.45) is 0 Å². The molecule has 0 fully saturated rings. The number of ether oxygens (including phenoxy) is 2. The van der Waals surface area contributed by atoms with Crippen LogP contribution >= 0.6 is 15.9 Å². The van der Waals surface area contributed by atoms with Crippen LogP contribution in [0.3, 0.4) is 0 Å². The Morgan fingerprint density at radius 2 is 1.94 bits per heavy atom. The van der Waals surface area contributed by atoms with Crippen molar-refractivity contribution in [3.63, 3.8) is 0 Å². The van der Waals surface area contributed by atoms with E-state index in [0.29, 0.717) is 4.47 Å². The Morgan fingerprint density at radius 3 is 2.67 bits per heavy atom. The van der Waals surface area contributed by atoms with Gasteiger partial charge in [-0.2, -0.15) is 9.97 Å². The van der Waals surface area contributed by atoms with E-state index in [0.717, 1.165) is 0 Å². The molecule has 1 heterocycles. The number of nitrogens with zero attached hydrogens (tertiary/aromatic N) is 3. The normalized spacial score (nSPS) is 10.2. The van der Waals surface area contributed by atoms with Gasteiger partial charge in [-0.1, -0.05) is 15.9 Å². The molecule has 0 spiro atoms. The molecule has 2 aromatic rings. The Morgan fingerprint density at radius 1 is 1.22 bits per heavy atom. The lowest BCUT2D eigenvalue weighted by Crippen LogP contribution is -2.03. The molecular weight excluding hydrogens is 307 g/mol. The van der Waals surface area contributed by atoms with E-state index in [1.807, 2.05) is 0 Å². The summed E-state index contributed by atoms with van der Waals surface area (Å²) in [6.07, 6.45) is 0. The fraction of sp³-hybridized carbons (Fsp3) is 0.100. The molecule has 2 N–H and O–H groups in total. The van der Waals surface area contributed by atoms with Crippen LogP contribution in [0.25, 0.3) is 0 Å². The van der Waals surface area contributed by atoms with Gasteiger partial charge in [0.2, 0.25) is 5.95 Å². The van der Waals surface area contributed by atoms with E-state index in [1.165, 1.54) is 19.2 Å². The fourth-order valence-corrected chi connectivity index (χ4v) is 1.48. The molecule has 0 aliphatic carbocycles. The van der Waals surface area contributed by atoms with Crippen LogP contribution in [0.1, 0.15) is 0 Å². The lowest BCUT2D eigenvalue weighted by Gasteiger charge is -2.06. The topological polar surface area (TPSA) is 83.2 Å². The summed E-state index contributed by atoms with van der Waals surface area (Å²) < 4.78 is 24.1. The minimum atomic E-state index is -0.545. The SMILES string of the molecule is COc1nc(N)nc(Oc2cc(Br)ccc2F)n1. The van der Waals surface area contributed by atoms with Crippen molar-refractivity contribution >= 4 is 21.9 Å². The van der Waals surface area contributed by atoms with Gasteiger partial charge < -0.3 is 15.2 Å². The van der Waals surface area contributed by atoms with Gasteiger partial charge in [0.25, 0.3) is 0 Å². The van der Waals surface area contributed by atoms with E-state index in [-0.39, 0.29) is 23.7 Å². The largest absolute Gasteiger partial charge is 0.467 e. The van der Waals surface area contributed by atoms with Gasteiger partial charge in [-0.3, -0.25) is 0 Å². The first kappa shape index (κ1) is 12.5. The first-order valence-electron chi connectivity index (χ1n) is 4.77. The number of aromatic nitrogens is 3. The highest BCUT2D eigenvalue weighted by Gasteiger charge is 2.10. The molecule has 1 aromatic carbocycles. The molecule has 0 unspecified atom stereocenters. The molecule has 0 saturated carbocycles. The Hall–Kier alpha value is -1.96. The highest BCUT2D eigenvalue weighted by molar-refractivity contribution is 9.10. The summed E-state index contributed by atoms with van der Waals surface area (Å²) in [4.78, 5) is 11.2. The van der Waals surface area contributed by atoms with Crippen LogP contribution in [0.15, 0.2) is 22.7 Å². The summed E-state index contributed by atoms with van der Waals surface area (Å²) in [6, 6.07) is 4.09. The summed E-state index contributed by atoms with van der Waals surface area (Å²) in [5.74, 6) is -0.652. The molecule has 0 radical (unpaired) electrons. The molecule has 2 rings (SSSR count). The molecule has 0 bridgehead atoms. The number of nitrogens with two attached hydrogens (primary N) is 1. The van der Waals surface area contributed by atoms with Gasteiger partial charge in [-0.15, -0.1) is 4.98 Å². The zero-order valence-electron chi connectivity index (χ0n) is 9.22. The standard InChI is InChI=1S/C10H8BrFN4O2/c1-17-9-14-8(13)15-10(16-9)18-7-4-5(11)2-3-6(7)12/h2-4H,1H3,(H2,13,14,15,16). The summed E-state index contributed by atoms with van der Waals surface area (Å²) >= 11 is 3.20. The Bertz CT molecular complexity index is 582. The molecule has 0 amide bonds. The summed E-state index contributed by atoms with van der Waals surface area (Å²) in [6.45, 7) is 0. The minimum Gasteiger partial charge on any atom is -0.467 e. The zero-order valence-corrected chi connectivity index (χ0v) is 10.8. The number of hydrogen-bond donors (Lipinski definition) is 1. The fourth-order valence-electron chi connectivity index (χ4n) is 1.14. The predicted octanol–water partition coefficient (Wildman–Crippen LogP) is 2.16. The highest BCUT2D eigenvalue weighted by atomic mass is 79.9. The van der Waals surface area contributed by atoms with E-state index in [1.54, 1.807) is 6.07 Å². The summed E-state index contributed by atoms with van der Waals surface area (Å²) in [5.41, 5.74) is 5.43. The highest BCUT2D eigenvalue weighted by Crippen LogP contribution is 2.26. The van der Waals surface area contributed by atoms with Gasteiger partial charge >= 0.3 is 12.0 Å². The lowest BCUT2D eigenvalue weighted by atomic mass is 10.3. The third-order valence-electron chi connectivity index (χ3n) is 1.89. The third kappa shape index (κ3) is 2.83. The minimum absolute atomic E-state index is 0.00657. The molecule has 1 aromatic heterocycles. The molecule has 94 valence electrons. The average Bonchev–Trinajstić information content (AvgIpc) is 2.33. The average molecular weight is 315 g/mol. The van der Waals surface area contributed by atoms with E-state index >= 15 is 0 Å². The molecule has 0 saturated heterocycles. The summed E-state index contributed by atoms with van der Waals surface area (Å²) in [5, 5.41) is 0. The second kappa shape index (κ2) is 5.13. The second-order valence-electron chi connectivity index (χ2n) is 3.14. The van der Waals surface area contributed by atoms with Gasteiger partial charge in [0.15, 0.2) is 11.6 Å². The van der Waals surface area contributed by atoms with Crippen LogP contribution < -0.4 is 15.2 Å². The number of nitrogen functional groups attached to an aromatic ring is 1. The van der Waals surface area contributed by atoms with E-state index in [4.69, 9.17) is 15.2 Å². The van der Waals surface area contributed by atoms with Gasteiger partial charge in [0.05, 0.1) is 7.11 Å². The van der Waals surface area contributed by atoms with Gasteiger partial charge in [0.1, 0.15) is 0 Å². The van der Waals surface area contributed by atoms with Gasteiger partial charge in [-0.25, -0.2) is 4.39 Å². The quantitative estimate of drug-likeness (QED) is 0.934. The molecular formula is C10H8BrFN4O2. The van der Waals surface area contributed by atoms with Crippen molar-refractivity contribution in [1.82, 2.24) is 15.0 Å². The maximum Gasteiger partial charge on any atom is 0.330 e. The number of hydrogen-bond acceptors (Lipinski definition) is 6. The first-order chi connectivity index (χ1) is 8.58. The molecule has 0 aliphatic rings. The van der Waals surface area contributed by atoms with Crippen molar-refractivity contribution in [2.45, 2.75) is 0 Å². The van der Waals surface area contributed by atoms with Crippen molar-refractivity contribution in [1.29, 1.82) is 0 Å². The number of methoxy groups -OCH3 is 1. The monoisotopic (exact) mass is 314 g/mol. The number of benzene rings is 1. The Kier molecular flexibility index (Phi) is 3.56. The van der Waals surface area contributed by atoms with Crippen molar-refractivity contribution in [2.75, 3.05) is 12.8 Å². The van der Waals surface area contributed by atoms with Gasteiger partial charge in [-0.05, 0) is 18.2 Å². The number of anilines is 1. The Labute approximate surface area is 110 Å². The van der Waals surface area contributed by atoms with Crippen LogP contribution in [0.5, 0.6) is 17.8 Å². The molecule has 8 heteroatoms. The third-order valence-corrected chi connectivity index (χ3v) is 2.38. The number of halogens is 2. The lowest BCUT2D eigenvalue weighted by molar-refractivity contribution is 0.355. The molecule has 6 nitrogen and oxygen atoms in total. The molecule has 0 aliphatic heterocycles. The van der Waals surface area contributed by atoms with Crippen LogP contribution in [0, 0.1) is 5.82 Å². The number of rotatable bonds is 3. The van der Waals surface area contributed by atoms with E-state index < -0.39 is 5.82 Å². The predicted molar refractivity (Wildman–Crippen MR) is 65.0 cm³/mol. The van der Waals surface area contributed by atoms with Crippen LogP contribution in [-0.4, -0.2) is 22.1 Å². The zero-order chi connectivity index (χ0) is 13.1. The summed E-state index contributed by atoms with van der Waals surface area (Å²) in [7, 11) is 1.37. The van der Waals surface area contributed by atoms with Crippen LogP contribution in [0.4, 0.5) is 10.3 Å². The van der Waals surface area contributed by atoms with Crippen LogP contribution in [-0.2, 0) is 0 Å². The smallest absolute Gasteiger partial charge is 0.330 e. The van der Waals surface area contributed by atoms with Gasteiger partial charge in [0, 0.05) is 4.47 Å². The van der Waals surface area contributed by atoms with E-state index in [9.17, 15) is 4.39 Å². The van der Waals surface area contributed by atoms with E-state index in [2.05, 4.69) is 30.9 Å². The maximum absolute atomic E-state index is 13.5.